The summed E-state index contributed by atoms with van der Waals surface area (Å²) in [6.07, 6.45) is 0. The van der Waals surface area contributed by atoms with E-state index in [-0.39, 0.29) is 5.75 Å². The average Bonchev–Trinajstić information content (AvgIpc) is 2.47. The van der Waals surface area contributed by atoms with E-state index in [1.807, 2.05) is 54.6 Å². The van der Waals surface area contributed by atoms with Gasteiger partial charge in [0.1, 0.15) is 11.5 Å². The van der Waals surface area contributed by atoms with Gasteiger partial charge >= 0.3 is 0 Å². The number of phenolic OH excluding ortho intramolecular Hbond substituents is 1. The zero-order valence-electron chi connectivity index (χ0n) is 10.6. The topological polar surface area (TPSA) is 29.5 Å². The standard InChI is InChI=1S/C17H14O2/c1-19-16-11-10-13(12-6-3-2-4-7-12)17-14(16)8-5-9-15(17)18/h2-11,18H,1H3. The van der Waals surface area contributed by atoms with Gasteiger partial charge < -0.3 is 9.84 Å². The largest absolute Gasteiger partial charge is 0.507 e. The van der Waals surface area contributed by atoms with E-state index in [2.05, 4.69) is 0 Å². The number of hydrogen-bond donors (Lipinski definition) is 1. The van der Waals surface area contributed by atoms with Gasteiger partial charge in [-0.25, -0.2) is 0 Å². The smallest absolute Gasteiger partial charge is 0.126 e. The van der Waals surface area contributed by atoms with E-state index < -0.39 is 0 Å². The first kappa shape index (κ1) is 11.6. The van der Waals surface area contributed by atoms with Gasteiger partial charge in [-0.05, 0) is 29.3 Å². The van der Waals surface area contributed by atoms with Crippen molar-refractivity contribution in [3.8, 4) is 22.6 Å². The van der Waals surface area contributed by atoms with Crippen molar-refractivity contribution in [1.82, 2.24) is 0 Å². The Morgan fingerprint density at radius 1 is 0.842 bits per heavy atom. The Labute approximate surface area is 111 Å². The molecule has 0 bridgehead atoms. The lowest BCUT2D eigenvalue weighted by Gasteiger charge is -2.12. The van der Waals surface area contributed by atoms with Gasteiger partial charge in [-0.3, -0.25) is 0 Å². The van der Waals surface area contributed by atoms with E-state index in [0.29, 0.717) is 0 Å². The highest BCUT2D eigenvalue weighted by Crippen LogP contribution is 2.39. The fourth-order valence-corrected chi connectivity index (χ4v) is 2.40. The van der Waals surface area contributed by atoms with Crippen molar-refractivity contribution in [2.45, 2.75) is 0 Å². The minimum atomic E-state index is 0.273. The molecule has 19 heavy (non-hydrogen) atoms. The Hall–Kier alpha value is -2.48. The number of phenols is 1. The predicted octanol–water partition coefficient (Wildman–Crippen LogP) is 4.22. The number of ether oxygens (including phenoxy) is 1. The molecule has 3 aromatic rings. The van der Waals surface area contributed by atoms with Crippen LogP contribution in [0.25, 0.3) is 21.9 Å². The van der Waals surface area contributed by atoms with Crippen LogP contribution in [0.5, 0.6) is 11.5 Å². The molecular formula is C17H14O2. The lowest BCUT2D eigenvalue weighted by Crippen LogP contribution is -1.88. The van der Waals surface area contributed by atoms with Crippen molar-refractivity contribution in [3.05, 3.63) is 60.7 Å². The summed E-state index contributed by atoms with van der Waals surface area (Å²) >= 11 is 0. The lowest BCUT2D eigenvalue weighted by atomic mass is 9.97. The number of benzene rings is 3. The molecular weight excluding hydrogens is 236 g/mol. The predicted molar refractivity (Wildman–Crippen MR) is 77.6 cm³/mol. The third-order valence-electron chi connectivity index (χ3n) is 3.28. The van der Waals surface area contributed by atoms with Crippen LogP contribution in [0.4, 0.5) is 0 Å². The summed E-state index contributed by atoms with van der Waals surface area (Å²) in [7, 11) is 1.64. The Morgan fingerprint density at radius 2 is 1.63 bits per heavy atom. The van der Waals surface area contributed by atoms with Gasteiger partial charge in [0.05, 0.1) is 7.11 Å². The third-order valence-corrected chi connectivity index (χ3v) is 3.28. The minimum absolute atomic E-state index is 0.273. The fourth-order valence-electron chi connectivity index (χ4n) is 2.40. The maximum atomic E-state index is 10.2. The molecule has 0 spiro atoms. The molecule has 0 atom stereocenters. The number of aromatic hydroxyl groups is 1. The van der Waals surface area contributed by atoms with Crippen LogP contribution < -0.4 is 4.74 Å². The van der Waals surface area contributed by atoms with Crippen LogP contribution in [0.2, 0.25) is 0 Å². The SMILES string of the molecule is COc1ccc(-c2ccccc2)c2c(O)cccc12. The van der Waals surface area contributed by atoms with Crippen molar-refractivity contribution in [2.75, 3.05) is 7.11 Å². The summed E-state index contributed by atoms with van der Waals surface area (Å²) in [5.41, 5.74) is 2.09. The van der Waals surface area contributed by atoms with Crippen LogP contribution >= 0.6 is 0 Å². The molecule has 0 aliphatic rings. The Kier molecular flexibility index (Phi) is 2.84. The summed E-state index contributed by atoms with van der Waals surface area (Å²) in [6.45, 7) is 0. The third kappa shape index (κ3) is 1.91. The molecule has 2 nitrogen and oxygen atoms in total. The van der Waals surface area contributed by atoms with E-state index in [1.54, 1.807) is 13.2 Å². The molecule has 0 heterocycles. The van der Waals surface area contributed by atoms with Crippen LogP contribution in [0, 0.1) is 0 Å². The first-order chi connectivity index (χ1) is 9.31. The molecule has 0 aliphatic carbocycles. The summed E-state index contributed by atoms with van der Waals surface area (Å²) < 4.78 is 5.36. The quantitative estimate of drug-likeness (QED) is 0.737. The highest BCUT2D eigenvalue weighted by molar-refractivity contribution is 6.03. The first-order valence-corrected chi connectivity index (χ1v) is 6.15. The Balaban J connectivity index is 2.39. The van der Waals surface area contributed by atoms with Gasteiger partial charge in [0.2, 0.25) is 0 Å². The second-order valence-corrected chi connectivity index (χ2v) is 4.38. The molecule has 2 heteroatoms. The lowest BCUT2D eigenvalue weighted by molar-refractivity contribution is 0.419. The highest BCUT2D eigenvalue weighted by Gasteiger charge is 2.11. The van der Waals surface area contributed by atoms with Crippen molar-refractivity contribution in [1.29, 1.82) is 0 Å². The molecule has 0 amide bonds. The molecule has 1 N–H and O–H groups in total. The average molecular weight is 250 g/mol. The molecule has 0 unspecified atom stereocenters. The van der Waals surface area contributed by atoms with Crippen molar-refractivity contribution >= 4 is 10.8 Å². The molecule has 0 saturated heterocycles. The van der Waals surface area contributed by atoms with Gasteiger partial charge in [-0.15, -0.1) is 0 Å². The van der Waals surface area contributed by atoms with Crippen LogP contribution in [-0.4, -0.2) is 12.2 Å². The van der Waals surface area contributed by atoms with Gasteiger partial charge in [0, 0.05) is 10.8 Å². The van der Waals surface area contributed by atoms with Gasteiger partial charge in [0.15, 0.2) is 0 Å². The van der Waals surface area contributed by atoms with E-state index in [1.165, 1.54) is 0 Å². The Bertz CT molecular complexity index is 718. The maximum Gasteiger partial charge on any atom is 0.126 e. The van der Waals surface area contributed by atoms with Gasteiger partial charge in [-0.2, -0.15) is 0 Å². The van der Waals surface area contributed by atoms with E-state index in [9.17, 15) is 5.11 Å². The molecule has 0 radical (unpaired) electrons. The van der Waals surface area contributed by atoms with Crippen LogP contribution in [0.15, 0.2) is 60.7 Å². The normalized spacial score (nSPS) is 10.6. The van der Waals surface area contributed by atoms with E-state index >= 15 is 0 Å². The number of hydrogen-bond acceptors (Lipinski definition) is 2. The monoisotopic (exact) mass is 250 g/mol. The summed E-state index contributed by atoms with van der Waals surface area (Å²) in [5.74, 6) is 1.04. The van der Waals surface area contributed by atoms with E-state index in [4.69, 9.17) is 4.74 Å². The molecule has 0 aromatic heterocycles. The summed E-state index contributed by atoms with van der Waals surface area (Å²) in [6, 6.07) is 19.4. The van der Waals surface area contributed by atoms with Gasteiger partial charge in [-0.1, -0.05) is 42.5 Å². The maximum absolute atomic E-state index is 10.2. The first-order valence-electron chi connectivity index (χ1n) is 6.15. The Morgan fingerprint density at radius 3 is 2.37 bits per heavy atom. The fraction of sp³-hybridized carbons (Fsp3) is 0.0588. The van der Waals surface area contributed by atoms with Gasteiger partial charge in [0.25, 0.3) is 0 Å². The molecule has 0 aliphatic heterocycles. The second-order valence-electron chi connectivity index (χ2n) is 4.38. The van der Waals surface area contributed by atoms with Crippen molar-refractivity contribution < 1.29 is 9.84 Å². The number of methoxy groups -OCH3 is 1. The molecule has 3 rings (SSSR count). The molecule has 3 aromatic carbocycles. The minimum Gasteiger partial charge on any atom is -0.507 e. The summed E-state index contributed by atoms with van der Waals surface area (Å²) in [5, 5.41) is 11.9. The molecule has 94 valence electrons. The number of rotatable bonds is 2. The van der Waals surface area contributed by atoms with Crippen molar-refractivity contribution in [2.24, 2.45) is 0 Å². The zero-order chi connectivity index (χ0) is 13.2. The summed E-state index contributed by atoms with van der Waals surface area (Å²) in [4.78, 5) is 0. The van der Waals surface area contributed by atoms with Crippen LogP contribution in [0.3, 0.4) is 0 Å². The number of fused-ring (bicyclic) bond motifs is 1. The highest BCUT2D eigenvalue weighted by atomic mass is 16.5. The van der Waals surface area contributed by atoms with Crippen LogP contribution in [0.1, 0.15) is 0 Å². The molecule has 0 fully saturated rings. The van der Waals surface area contributed by atoms with E-state index in [0.717, 1.165) is 27.6 Å². The molecule has 0 saturated carbocycles. The zero-order valence-corrected chi connectivity index (χ0v) is 10.6. The second kappa shape index (κ2) is 4.65. The van der Waals surface area contributed by atoms with Crippen LogP contribution in [-0.2, 0) is 0 Å². The van der Waals surface area contributed by atoms with Crippen molar-refractivity contribution in [3.63, 3.8) is 0 Å².